The van der Waals surface area contributed by atoms with E-state index in [1.54, 1.807) is 0 Å². The first-order chi connectivity index (χ1) is 19.0. The molecule has 0 spiro atoms. The molecule has 0 aliphatic heterocycles. The molecule has 0 bridgehead atoms. The monoisotopic (exact) mass is 562 g/mol. The first-order valence-electron chi connectivity index (χ1n) is 12.1. The zero-order valence-electron chi connectivity index (χ0n) is 21.5. The highest BCUT2D eigenvalue weighted by Gasteiger charge is 2.31. The topological polar surface area (TPSA) is 315 Å². The van der Waals surface area contributed by atoms with Gasteiger partial charge >= 0.3 is 5.97 Å². The molecule has 218 valence electrons. The van der Waals surface area contributed by atoms with Crippen LogP contribution >= 0.6 is 0 Å². The second-order valence-corrected chi connectivity index (χ2v) is 8.81. The maximum absolute atomic E-state index is 13.1. The molecule has 40 heavy (non-hydrogen) atoms. The van der Waals surface area contributed by atoms with E-state index in [0.717, 1.165) is 0 Å². The minimum absolute atomic E-state index is 0.00282. The normalized spacial score (nSPS) is 13.7. The fourth-order valence-electron chi connectivity index (χ4n) is 3.55. The number of amides is 4. The average molecular weight is 563 g/mol. The van der Waals surface area contributed by atoms with Gasteiger partial charge in [0.25, 0.3) is 0 Å². The van der Waals surface area contributed by atoms with Crippen molar-refractivity contribution < 1.29 is 29.1 Å². The summed E-state index contributed by atoms with van der Waals surface area (Å²) < 4.78 is 0. The minimum Gasteiger partial charge on any atom is -0.480 e. The lowest BCUT2D eigenvalue weighted by atomic mass is 10.1. The van der Waals surface area contributed by atoms with E-state index in [0.29, 0.717) is 11.4 Å². The van der Waals surface area contributed by atoms with Gasteiger partial charge in [-0.2, -0.15) is 0 Å². The van der Waals surface area contributed by atoms with Crippen molar-refractivity contribution in [3.8, 4) is 0 Å². The molecular formula is C22H34N12O6. The molecule has 4 amide bonds. The van der Waals surface area contributed by atoms with Crippen molar-refractivity contribution in [2.75, 3.05) is 6.54 Å². The lowest BCUT2D eigenvalue weighted by Crippen LogP contribution is -2.58. The van der Waals surface area contributed by atoms with Crippen molar-refractivity contribution in [1.82, 2.24) is 35.9 Å². The maximum Gasteiger partial charge on any atom is 0.326 e. The van der Waals surface area contributed by atoms with Crippen LogP contribution in [0.3, 0.4) is 0 Å². The van der Waals surface area contributed by atoms with Crippen LogP contribution in [0.2, 0.25) is 0 Å². The van der Waals surface area contributed by atoms with E-state index in [4.69, 9.17) is 22.9 Å². The average Bonchev–Trinajstić information content (AvgIpc) is 3.58. The first-order valence-corrected chi connectivity index (χ1v) is 12.1. The van der Waals surface area contributed by atoms with Gasteiger partial charge in [0.15, 0.2) is 5.96 Å². The Kier molecular flexibility index (Phi) is 12.0. The predicted octanol–water partition coefficient (Wildman–Crippen LogP) is -4.29. The van der Waals surface area contributed by atoms with E-state index in [9.17, 15) is 29.1 Å². The van der Waals surface area contributed by atoms with E-state index in [1.807, 2.05) is 0 Å². The molecule has 18 nitrogen and oxygen atoms in total. The van der Waals surface area contributed by atoms with Gasteiger partial charge in [0.2, 0.25) is 23.6 Å². The van der Waals surface area contributed by atoms with Crippen molar-refractivity contribution in [1.29, 1.82) is 0 Å². The van der Waals surface area contributed by atoms with E-state index >= 15 is 0 Å². The number of aliphatic imine (C=N–C) groups is 1. The predicted molar refractivity (Wildman–Crippen MR) is 140 cm³/mol. The van der Waals surface area contributed by atoms with Gasteiger partial charge in [0, 0.05) is 43.2 Å². The van der Waals surface area contributed by atoms with Gasteiger partial charge in [0.1, 0.15) is 18.1 Å². The van der Waals surface area contributed by atoms with E-state index in [-0.39, 0.29) is 38.2 Å². The number of hydrogen-bond acceptors (Lipinski definition) is 9. The zero-order chi connectivity index (χ0) is 29.7. The van der Waals surface area contributed by atoms with Gasteiger partial charge in [-0.1, -0.05) is 0 Å². The molecule has 0 aliphatic rings. The lowest BCUT2D eigenvalue weighted by molar-refractivity contribution is -0.142. The quantitative estimate of drug-likeness (QED) is 0.0499. The SMILES string of the molecule is NC(=O)CC(NC(=O)C(N)Cc1cnc[nH]1)C(=O)NC(Cc1cnc[nH]1)C(=O)NC(CCCN=C(N)N)C(=O)O. The first kappa shape index (κ1) is 31.2. The third kappa shape index (κ3) is 10.8. The summed E-state index contributed by atoms with van der Waals surface area (Å²) >= 11 is 0. The van der Waals surface area contributed by atoms with Crippen molar-refractivity contribution >= 4 is 35.6 Å². The summed E-state index contributed by atoms with van der Waals surface area (Å²) in [4.78, 5) is 79.3. The molecule has 4 atom stereocenters. The van der Waals surface area contributed by atoms with E-state index < -0.39 is 60.2 Å². The number of nitrogens with two attached hydrogens (primary N) is 4. The number of aromatic amines is 2. The number of H-pyrrole nitrogens is 2. The smallest absolute Gasteiger partial charge is 0.326 e. The molecule has 0 radical (unpaired) electrons. The molecule has 0 fully saturated rings. The lowest BCUT2D eigenvalue weighted by Gasteiger charge is -2.24. The molecule has 2 rings (SSSR count). The molecule has 4 unspecified atom stereocenters. The van der Waals surface area contributed by atoms with Gasteiger partial charge in [0.05, 0.1) is 25.1 Å². The number of carbonyl (C=O) groups excluding carboxylic acids is 4. The number of aliphatic carboxylic acids is 1. The summed E-state index contributed by atoms with van der Waals surface area (Å²) in [6, 6.07) is -5.20. The summed E-state index contributed by atoms with van der Waals surface area (Å²) in [7, 11) is 0. The second-order valence-electron chi connectivity index (χ2n) is 8.81. The number of aromatic nitrogens is 4. The minimum atomic E-state index is -1.47. The molecule has 2 aromatic rings. The summed E-state index contributed by atoms with van der Waals surface area (Å²) in [6.07, 6.45) is 5.26. The molecule has 2 aromatic heterocycles. The Morgan fingerprint density at radius 3 is 1.93 bits per heavy atom. The van der Waals surface area contributed by atoms with Crippen LogP contribution < -0.4 is 38.9 Å². The van der Waals surface area contributed by atoms with Gasteiger partial charge in [-0.3, -0.25) is 24.2 Å². The molecule has 18 heteroatoms. The number of nitrogens with one attached hydrogen (secondary N) is 5. The number of imidazole rings is 2. The zero-order valence-corrected chi connectivity index (χ0v) is 21.5. The summed E-state index contributed by atoms with van der Waals surface area (Å²) in [5, 5.41) is 16.8. The Hall–Kier alpha value is -5.00. The van der Waals surface area contributed by atoms with Crippen molar-refractivity contribution in [3.63, 3.8) is 0 Å². The van der Waals surface area contributed by atoms with E-state index in [2.05, 4.69) is 40.9 Å². The fraction of sp³-hybridized carbons (Fsp3) is 0.455. The van der Waals surface area contributed by atoms with Crippen LogP contribution in [0.5, 0.6) is 0 Å². The van der Waals surface area contributed by atoms with Gasteiger partial charge in [-0.15, -0.1) is 0 Å². The van der Waals surface area contributed by atoms with Crippen LogP contribution in [-0.4, -0.2) is 91.3 Å². The van der Waals surface area contributed by atoms with E-state index in [1.165, 1.54) is 25.0 Å². The van der Waals surface area contributed by atoms with Gasteiger partial charge in [-0.05, 0) is 12.8 Å². The van der Waals surface area contributed by atoms with Crippen LogP contribution in [0.1, 0.15) is 30.7 Å². The Balaban J connectivity index is 2.14. The molecule has 0 aromatic carbocycles. The van der Waals surface area contributed by atoms with Gasteiger partial charge < -0.3 is 54.0 Å². The number of carboxylic acids is 1. The van der Waals surface area contributed by atoms with Crippen LogP contribution in [0.15, 0.2) is 30.0 Å². The molecule has 0 saturated heterocycles. The number of primary amides is 1. The Morgan fingerprint density at radius 2 is 1.40 bits per heavy atom. The van der Waals surface area contributed by atoms with Crippen molar-refractivity contribution in [2.24, 2.45) is 27.9 Å². The summed E-state index contributed by atoms with van der Waals surface area (Å²) in [5.74, 6) is -4.87. The molecule has 14 N–H and O–H groups in total. The molecule has 0 aliphatic carbocycles. The number of guanidine groups is 1. The Labute approximate surface area is 228 Å². The highest BCUT2D eigenvalue weighted by atomic mass is 16.4. The summed E-state index contributed by atoms with van der Waals surface area (Å²) in [5.41, 5.74) is 22.7. The third-order valence-electron chi connectivity index (χ3n) is 5.54. The van der Waals surface area contributed by atoms with Crippen LogP contribution in [0, 0.1) is 0 Å². The Bertz CT molecular complexity index is 1160. The number of hydrogen-bond donors (Lipinski definition) is 10. The van der Waals surface area contributed by atoms with Crippen LogP contribution in [0.4, 0.5) is 0 Å². The van der Waals surface area contributed by atoms with Crippen molar-refractivity contribution in [2.45, 2.75) is 56.3 Å². The van der Waals surface area contributed by atoms with Crippen molar-refractivity contribution in [3.05, 3.63) is 36.4 Å². The molecular weight excluding hydrogens is 528 g/mol. The number of carbonyl (C=O) groups is 5. The van der Waals surface area contributed by atoms with Crippen LogP contribution in [-0.2, 0) is 36.8 Å². The highest BCUT2D eigenvalue weighted by molar-refractivity contribution is 5.96. The standard InChI is InChI=1S/C22H34N12O6/c23-13(4-11-7-27-9-30-11)18(36)33-16(6-17(24)35)20(38)34-15(5-12-8-28-10-31-12)19(37)32-14(21(39)40)2-1-3-29-22(25)26/h7-10,13-16H,1-6,23H2,(H2,24,35)(H,27,30)(H,28,31)(H,32,37)(H,33,36)(H,34,38)(H,39,40)(H4,25,26,29). The third-order valence-corrected chi connectivity index (χ3v) is 5.54. The highest BCUT2D eigenvalue weighted by Crippen LogP contribution is 2.05. The largest absolute Gasteiger partial charge is 0.480 e. The Morgan fingerprint density at radius 1 is 0.850 bits per heavy atom. The van der Waals surface area contributed by atoms with Gasteiger partial charge in [-0.25, -0.2) is 14.8 Å². The number of carboxylic acid groups (broad SMARTS) is 1. The molecule has 2 heterocycles. The molecule has 0 saturated carbocycles. The second kappa shape index (κ2) is 15.4. The van der Waals surface area contributed by atoms with Crippen LogP contribution in [0.25, 0.3) is 0 Å². The number of rotatable bonds is 17. The fourth-order valence-corrected chi connectivity index (χ4v) is 3.55. The number of nitrogens with zero attached hydrogens (tertiary/aromatic N) is 3. The maximum atomic E-state index is 13.1. The summed E-state index contributed by atoms with van der Waals surface area (Å²) in [6.45, 7) is 0.146.